The van der Waals surface area contributed by atoms with E-state index in [1.165, 1.54) is 36.4 Å². The summed E-state index contributed by atoms with van der Waals surface area (Å²) in [5.41, 5.74) is 0.958. The average molecular weight is 328 g/mol. The van der Waals surface area contributed by atoms with Crippen molar-refractivity contribution >= 4 is 31.3 Å². The molecule has 4 nitrogen and oxygen atoms in total. The van der Waals surface area contributed by atoms with Gasteiger partial charge in [-0.25, -0.2) is 12.8 Å². The number of carbonyl (C=O) groups excluding carboxylic acids is 1. The van der Waals surface area contributed by atoms with Crippen LogP contribution >= 0.6 is 10.7 Å². The number of carbonyl (C=O) groups is 1. The maximum Gasteiger partial charge on any atom is 0.261 e. The fourth-order valence-electron chi connectivity index (χ4n) is 1.70. The molecule has 0 aliphatic rings. The summed E-state index contributed by atoms with van der Waals surface area (Å²) in [6.07, 6.45) is 0. The van der Waals surface area contributed by atoms with Crippen LogP contribution in [0.4, 0.5) is 10.1 Å². The smallest absolute Gasteiger partial charge is 0.261 e. The first kappa shape index (κ1) is 15.5. The minimum Gasteiger partial charge on any atom is -0.322 e. The van der Waals surface area contributed by atoms with Gasteiger partial charge in [-0.15, -0.1) is 0 Å². The molecule has 0 saturated heterocycles. The summed E-state index contributed by atoms with van der Waals surface area (Å²) in [5, 5.41) is 2.48. The highest BCUT2D eigenvalue weighted by Crippen LogP contribution is 2.19. The van der Waals surface area contributed by atoms with Gasteiger partial charge in [0.25, 0.3) is 15.0 Å². The third kappa shape index (κ3) is 3.80. The Balaban J connectivity index is 2.20. The zero-order valence-corrected chi connectivity index (χ0v) is 12.5. The highest BCUT2D eigenvalue weighted by Gasteiger charge is 2.13. The van der Waals surface area contributed by atoms with Crippen LogP contribution < -0.4 is 5.32 Å². The molecule has 0 unspecified atom stereocenters. The lowest BCUT2D eigenvalue weighted by Gasteiger charge is -2.07. The van der Waals surface area contributed by atoms with E-state index in [1.54, 1.807) is 13.0 Å². The van der Waals surface area contributed by atoms with E-state index in [4.69, 9.17) is 10.7 Å². The largest absolute Gasteiger partial charge is 0.322 e. The van der Waals surface area contributed by atoms with Gasteiger partial charge in [-0.2, -0.15) is 0 Å². The Morgan fingerprint density at radius 3 is 2.29 bits per heavy atom. The molecule has 0 radical (unpaired) electrons. The van der Waals surface area contributed by atoms with Gasteiger partial charge >= 0.3 is 0 Å². The van der Waals surface area contributed by atoms with Crippen LogP contribution in [-0.2, 0) is 9.05 Å². The number of hydrogen-bond donors (Lipinski definition) is 1. The minimum atomic E-state index is -3.81. The van der Waals surface area contributed by atoms with Crippen molar-refractivity contribution in [1.29, 1.82) is 0 Å². The Bertz CT molecular complexity index is 788. The molecule has 110 valence electrons. The second kappa shape index (κ2) is 5.83. The monoisotopic (exact) mass is 327 g/mol. The Kier molecular flexibility index (Phi) is 4.29. The summed E-state index contributed by atoms with van der Waals surface area (Å²) in [6.45, 7) is 1.72. The molecular weight excluding hydrogens is 317 g/mol. The van der Waals surface area contributed by atoms with E-state index in [1.807, 2.05) is 0 Å². The van der Waals surface area contributed by atoms with Crippen molar-refractivity contribution in [2.24, 2.45) is 0 Å². The average Bonchev–Trinajstić information content (AvgIpc) is 2.38. The molecule has 7 heteroatoms. The van der Waals surface area contributed by atoms with Gasteiger partial charge in [-0.1, -0.05) is 6.07 Å². The van der Waals surface area contributed by atoms with Crippen molar-refractivity contribution in [2.45, 2.75) is 11.8 Å². The van der Waals surface area contributed by atoms with Gasteiger partial charge in [0.2, 0.25) is 0 Å². The molecule has 2 rings (SSSR count). The molecule has 0 aliphatic carbocycles. The quantitative estimate of drug-likeness (QED) is 0.880. The van der Waals surface area contributed by atoms with E-state index in [0.29, 0.717) is 11.3 Å². The normalized spacial score (nSPS) is 11.2. The maximum absolute atomic E-state index is 13.7. The van der Waals surface area contributed by atoms with Crippen molar-refractivity contribution < 1.29 is 17.6 Å². The van der Waals surface area contributed by atoms with Gasteiger partial charge in [-0.05, 0) is 48.9 Å². The van der Waals surface area contributed by atoms with E-state index < -0.39 is 20.8 Å². The van der Waals surface area contributed by atoms with E-state index in [-0.39, 0.29) is 10.5 Å². The van der Waals surface area contributed by atoms with Gasteiger partial charge in [-0.3, -0.25) is 4.79 Å². The fourth-order valence-corrected chi connectivity index (χ4v) is 2.47. The van der Waals surface area contributed by atoms with Crippen LogP contribution in [0.1, 0.15) is 15.9 Å². The molecule has 0 bridgehead atoms. The van der Waals surface area contributed by atoms with Crippen LogP contribution in [-0.4, -0.2) is 14.3 Å². The molecule has 2 aromatic carbocycles. The summed E-state index contributed by atoms with van der Waals surface area (Å²) in [6, 6.07) is 9.53. The predicted molar refractivity (Wildman–Crippen MR) is 78.6 cm³/mol. The van der Waals surface area contributed by atoms with E-state index in [9.17, 15) is 17.6 Å². The molecule has 0 fully saturated rings. The molecule has 21 heavy (non-hydrogen) atoms. The summed E-state index contributed by atoms with van der Waals surface area (Å²) in [4.78, 5) is 11.9. The van der Waals surface area contributed by atoms with Crippen LogP contribution in [0.15, 0.2) is 47.4 Å². The zero-order valence-electron chi connectivity index (χ0n) is 10.9. The minimum absolute atomic E-state index is 0.0799. The van der Waals surface area contributed by atoms with E-state index in [0.717, 1.165) is 0 Å². The molecule has 0 atom stereocenters. The summed E-state index contributed by atoms with van der Waals surface area (Å²) in [7, 11) is 1.37. The number of nitrogens with one attached hydrogen (secondary N) is 1. The number of benzene rings is 2. The molecule has 0 aliphatic heterocycles. The van der Waals surface area contributed by atoms with Gasteiger partial charge in [0.15, 0.2) is 0 Å². The predicted octanol–water partition coefficient (Wildman–Crippen LogP) is 3.31. The second-order valence-corrected chi connectivity index (χ2v) is 6.97. The molecular formula is C14H11ClFNO3S. The lowest BCUT2D eigenvalue weighted by atomic mass is 10.1. The summed E-state index contributed by atoms with van der Waals surface area (Å²) >= 11 is 0. The van der Waals surface area contributed by atoms with Gasteiger partial charge in [0.05, 0.1) is 10.5 Å². The van der Waals surface area contributed by atoms with Crippen LogP contribution in [0.2, 0.25) is 0 Å². The van der Waals surface area contributed by atoms with Crippen LogP contribution in [0.3, 0.4) is 0 Å². The molecule has 0 aromatic heterocycles. The number of hydrogen-bond acceptors (Lipinski definition) is 3. The lowest BCUT2D eigenvalue weighted by Crippen LogP contribution is -2.13. The highest BCUT2D eigenvalue weighted by atomic mass is 35.7. The van der Waals surface area contributed by atoms with Crippen LogP contribution in [0.25, 0.3) is 0 Å². The molecule has 1 amide bonds. The topological polar surface area (TPSA) is 63.2 Å². The molecule has 2 aromatic rings. The number of aryl methyl sites for hydroxylation is 1. The van der Waals surface area contributed by atoms with Gasteiger partial charge < -0.3 is 5.32 Å². The maximum atomic E-state index is 13.7. The Morgan fingerprint density at radius 1 is 1.14 bits per heavy atom. The van der Waals surface area contributed by atoms with Crippen molar-refractivity contribution in [3.63, 3.8) is 0 Å². The highest BCUT2D eigenvalue weighted by molar-refractivity contribution is 8.13. The second-order valence-electron chi connectivity index (χ2n) is 4.40. The summed E-state index contributed by atoms with van der Waals surface area (Å²) < 4.78 is 35.9. The first-order valence-electron chi connectivity index (χ1n) is 5.89. The summed E-state index contributed by atoms with van der Waals surface area (Å²) in [5.74, 6) is -1.23. The van der Waals surface area contributed by atoms with Crippen molar-refractivity contribution in [2.75, 3.05) is 5.32 Å². The Hall–Kier alpha value is -1.92. The number of amides is 1. The first-order valence-corrected chi connectivity index (χ1v) is 8.20. The standard InChI is InChI=1S/C14H11ClFNO3S/c1-9-2-7-12(13(16)8-9)14(18)17-10-3-5-11(6-4-10)21(15,19)20/h2-8H,1H3,(H,17,18). The molecule has 0 heterocycles. The van der Waals surface area contributed by atoms with E-state index >= 15 is 0 Å². The Labute approximate surface area is 126 Å². The van der Waals surface area contributed by atoms with Crippen molar-refractivity contribution in [3.8, 4) is 0 Å². The van der Waals surface area contributed by atoms with Gasteiger partial charge in [0, 0.05) is 16.4 Å². The first-order chi connectivity index (χ1) is 9.77. The van der Waals surface area contributed by atoms with Crippen LogP contribution in [0.5, 0.6) is 0 Å². The molecule has 1 N–H and O–H groups in total. The number of rotatable bonds is 3. The lowest BCUT2D eigenvalue weighted by molar-refractivity contribution is 0.102. The third-order valence-electron chi connectivity index (χ3n) is 2.76. The number of halogens is 2. The fraction of sp³-hybridized carbons (Fsp3) is 0.0714. The zero-order chi connectivity index (χ0) is 15.6. The number of anilines is 1. The van der Waals surface area contributed by atoms with Crippen molar-refractivity contribution in [1.82, 2.24) is 0 Å². The Morgan fingerprint density at radius 2 is 1.76 bits per heavy atom. The molecule has 0 spiro atoms. The molecule has 0 saturated carbocycles. The van der Waals surface area contributed by atoms with E-state index in [2.05, 4.69) is 5.32 Å². The third-order valence-corrected chi connectivity index (χ3v) is 4.13. The van der Waals surface area contributed by atoms with Crippen molar-refractivity contribution in [3.05, 3.63) is 59.4 Å². The van der Waals surface area contributed by atoms with Crippen LogP contribution in [0, 0.1) is 12.7 Å². The SMILES string of the molecule is Cc1ccc(C(=O)Nc2ccc(S(=O)(=O)Cl)cc2)c(F)c1. The van der Waals surface area contributed by atoms with Gasteiger partial charge in [0.1, 0.15) is 5.82 Å².